The summed E-state index contributed by atoms with van der Waals surface area (Å²) in [4.78, 5) is 12.6. The van der Waals surface area contributed by atoms with Gasteiger partial charge in [0.1, 0.15) is 11.5 Å². The van der Waals surface area contributed by atoms with Crippen molar-refractivity contribution in [2.75, 3.05) is 12.4 Å². The first kappa shape index (κ1) is 14.9. The molecule has 116 valence electrons. The number of anilines is 1. The molecule has 23 heavy (non-hydrogen) atoms. The number of benzene rings is 3. The van der Waals surface area contributed by atoms with Gasteiger partial charge in [-0.3, -0.25) is 4.79 Å². The van der Waals surface area contributed by atoms with Crippen molar-refractivity contribution in [2.24, 2.45) is 0 Å². The van der Waals surface area contributed by atoms with Crippen LogP contribution in [0.5, 0.6) is 11.5 Å². The Labute approximate surface area is 134 Å². The van der Waals surface area contributed by atoms with Gasteiger partial charge in [0.15, 0.2) is 0 Å². The van der Waals surface area contributed by atoms with Gasteiger partial charge in [0.05, 0.1) is 18.4 Å². The molecule has 0 unspecified atom stereocenters. The van der Waals surface area contributed by atoms with Crippen molar-refractivity contribution in [1.29, 1.82) is 0 Å². The van der Waals surface area contributed by atoms with Gasteiger partial charge in [0, 0.05) is 0 Å². The number of carbonyl (C=O) groups is 1. The van der Waals surface area contributed by atoms with E-state index < -0.39 is 0 Å². The van der Waals surface area contributed by atoms with Gasteiger partial charge in [0.25, 0.3) is 5.91 Å². The van der Waals surface area contributed by atoms with Crippen LogP contribution in [0.25, 0.3) is 10.8 Å². The lowest BCUT2D eigenvalue weighted by molar-refractivity contribution is 0.102. The summed E-state index contributed by atoms with van der Waals surface area (Å²) >= 11 is 0. The number of fused-ring (bicyclic) bond motifs is 1. The minimum Gasteiger partial charge on any atom is -0.506 e. The summed E-state index contributed by atoms with van der Waals surface area (Å²) in [6, 6.07) is 16.5. The number of phenols is 1. The quantitative estimate of drug-likeness (QED) is 0.716. The third-order valence-electron chi connectivity index (χ3n) is 3.71. The molecule has 3 aromatic carbocycles. The lowest BCUT2D eigenvalue weighted by atomic mass is 10.1. The van der Waals surface area contributed by atoms with Crippen LogP contribution >= 0.6 is 0 Å². The van der Waals surface area contributed by atoms with Crippen LogP contribution in [0.4, 0.5) is 5.69 Å². The van der Waals surface area contributed by atoms with E-state index in [-0.39, 0.29) is 11.7 Å². The molecular weight excluding hydrogens is 290 g/mol. The van der Waals surface area contributed by atoms with Crippen LogP contribution in [-0.4, -0.2) is 18.1 Å². The summed E-state index contributed by atoms with van der Waals surface area (Å²) in [5.41, 5.74) is 1.71. The molecule has 2 N–H and O–H groups in total. The van der Waals surface area contributed by atoms with Crippen molar-refractivity contribution < 1.29 is 14.6 Å². The fraction of sp³-hybridized carbons (Fsp3) is 0.105. The number of methoxy groups -OCH3 is 1. The number of hydrogen-bond acceptors (Lipinski definition) is 3. The Hall–Kier alpha value is -3.01. The number of ether oxygens (including phenoxy) is 1. The van der Waals surface area contributed by atoms with E-state index in [4.69, 9.17) is 4.74 Å². The lowest BCUT2D eigenvalue weighted by Crippen LogP contribution is -2.13. The predicted octanol–water partition coefficient (Wildman–Crippen LogP) is 4.11. The van der Waals surface area contributed by atoms with Crippen molar-refractivity contribution in [2.45, 2.75) is 6.92 Å². The van der Waals surface area contributed by atoms with E-state index in [0.717, 1.165) is 16.3 Å². The van der Waals surface area contributed by atoms with Crippen LogP contribution < -0.4 is 10.1 Å². The average molecular weight is 307 g/mol. The maximum atomic E-state index is 12.6. The van der Waals surface area contributed by atoms with Gasteiger partial charge in [-0.1, -0.05) is 30.3 Å². The summed E-state index contributed by atoms with van der Waals surface area (Å²) in [6.07, 6.45) is 0. The largest absolute Gasteiger partial charge is 0.506 e. The Bertz CT molecular complexity index is 887. The van der Waals surface area contributed by atoms with Crippen molar-refractivity contribution in [3.63, 3.8) is 0 Å². The zero-order valence-electron chi connectivity index (χ0n) is 13.0. The second-order valence-electron chi connectivity index (χ2n) is 5.37. The van der Waals surface area contributed by atoms with Crippen LogP contribution in [0.3, 0.4) is 0 Å². The Morgan fingerprint density at radius 2 is 1.74 bits per heavy atom. The maximum absolute atomic E-state index is 12.6. The van der Waals surface area contributed by atoms with Crippen LogP contribution in [0.15, 0.2) is 54.6 Å². The zero-order valence-corrected chi connectivity index (χ0v) is 13.0. The zero-order chi connectivity index (χ0) is 16.4. The van der Waals surface area contributed by atoms with E-state index in [9.17, 15) is 9.90 Å². The molecule has 3 rings (SSSR count). The molecular formula is C19H17NO3. The first-order valence-corrected chi connectivity index (χ1v) is 7.26. The molecule has 0 fully saturated rings. The van der Waals surface area contributed by atoms with Crippen molar-refractivity contribution in [3.05, 3.63) is 65.7 Å². The van der Waals surface area contributed by atoms with E-state index in [1.54, 1.807) is 18.2 Å². The molecule has 0 radical (unpaired) electrons. The van der Waals surface area contributed by atoms with Gasteiger partial charge in [-0.15, -0.1) is 0 Å². The van der Waals surface area contributed by atoms with Gasteiger partial charge in [0.2, 0.25) is 0 Å². The van der Waals surface area contributed by atoms with E-state index in [1.807, 2.05) is 43.3 Å². The molecule has 1 amide bonds. The van der Waals surface area contributed by atoms with E-state index in [1.165, 1.54) is 7.11 Å². The van der Waals surface area contributed by atoms with E-state index >= 15 is 0 Å². The standard InChI is InChI=1S/C19H17NO3/c1-12-7-8-16(17(21)9-12)20-19(22)15-10-13-5-3-4-6-14(13)11-18(15)23-2/h3-11,21H,1-2H3,(H,20,22). The third-order valence-corrected chi connectivity index (χ3v) is 3.71. The predicted molar refractivity (Wildman–Crippen MR) is 91.3 cm³/mol. The molecule has 0 aliphatic rings. The fourth-order valence-electron chi connectivity index (χ4n) is 2.50. The summed E-state index contributed by atoms with van der Waals surface area (Å²) in [7, 11) is 1.53. The molecule has 0 atom stereocenters. The SMILES string of the molecule is COc1cc2ccccc2cc1C(=O)Nc1ccc(C)cc1O. The number of rotatable bonds is 3. The lowest BCUT2D eigenvalue weighted by Gasteiger charge is -2.12. The van der Waals surface area contributed by atoms with Gasteiger partial charge in [-0.25, -0.2) is 0 Å². The maximum Gasteiger partial charge on any atom is 0.259 e. The van der Waals surface area contributed by atoms with Crippen LogP contribution in [0.2, 0.25) is 0 Å². The minimum absolute atomic E-state index is 0.0399. The van der Waals surface area contributed by atoms with Gasteiger partial charge in [-0.05, 0) is 47.5 Å². The normalized spacial score (nSPS) is 10.5. The molecule has 4 nitrogen and oxygen atoms in total. The van der Waals surface area contributed by atoms with E-state index in [0.29, 0.717) is 17.0 Å². The average Bonchev–Trinajstić information content (AvgIpc) is 2.56. The minimum atomic E-state index is -0.327. The molecule has 0 aliphatic heterocycles. The van der Waals surface area contributed by atoms with Gasteiger partial charge < -0.3 is 15.2 Å². The Morgan fingerprint density at radius 1 is 1.04 bits per heavy atom. The molecule has 4 heteroatoms. The van der Waals surface area contributed by atoms with Crippen LogP contribution in [-0.2, 0) is 0 Å². The van der Waals surface area contributed by atoms with Crippen molar-refractivity contribution >= 4 is 22.4 Å². The third kappa shape index (κ3) is 2.97. The Balaban J connectivity index is 1.99. The first-order chi connectivity index (χ1) is 11.1. The topological polar surface area (TPSA) is 58.6 Å². The molecule has 0 aromatic heterocycles. The number of aromatic hydroxyl groups is 1. The number of phenolic OH excluding ortho intramolecular Hbond substituents is 1. The van der Waals surface area contributed by atoms with Crippen molar-refractivity contribution in [3.8, 4) is 11.5 Å². The summed E-state index contributed by atoms with van der Waals surface area (Å²) in [5.74, 6) is 0.206. The first-order valence-electron chi connectivity index (χ1n) is 7.26. The number of amides is 1. The summed E-state index contributed by atoms with van der Waals surface area (Å²) in [6.45, 7) is 1.87. The molecule has 0 spiro atoms. The Kier molecular flexibility index (Phi) is 3.89. The fourth-order valence-corrected chi connectivity index (χ4v) is 2.50. The second kappa shape index (κ2) is 6.01. The number of carbonyl (C=O) groups excluding carboxylic acids is 1. The van der Waals surface area contributed by atoms with Gasteiger partial charge in [-0.2, -0.15) is 0 Å². The molecule has 0 bridgehead atoms. The van der Waals surface area contributed by atoms with Crippen LogP contribution in [0, 0.1) is 6.92 Å². The number of nitrogens with one attached hydrogen (secondary N) is 1. The highest BCUT2D eigenvalue weighted by Crippen LogP contribution is 2.29. The van der Waals surface area contributed by atoms with Gasteiger partial charge >= 0.3 is 0 Å². The molecule has 0 saturated heterocycles. The smallest absolute Gasteiger partial charge is 0.259 e. The highest BCUT2D eigenvalue weighted by Gasteiger charge is 2.15. The highest BCUT2D eigenvalue weighted by atomic mass is 16.5. The van der Waals surface area contributed by atoms with Crippen molar-refractivity contribution in [1.82, 2.24) is 0 Å². The monoisotopic (exact) mass is 307 g/mol. The molecule has 3 aromatic rings. The number of hydrogen-bond donors (Lipinski definition) is 2. The Morgan fingerprint density at radius 3 is 2.39 bits per heavy atom. The molecule has 0 saturated carbocycles. The molecule has 0 aliphatic carbocycles. The highest BCUT2D eigenvalue weighted by molar-refractivity contribution is 6.09. The summed E-state index contributed by atoms with van der Waals surface area (Å²) < 4.78 is 5.34. The summed E-state index contributed by atoms with van der Waals surface area (Å²) in [5, 5.41) is 14.6. The van der Waals surface area contributed by atoms with Crippen LogP contribution in [0.1, 0.15) is 15.9 Å². The molecule has 0 heterocycles. The number of aryl methyl sites for hydroxylation is 1. The van der Waals surface area contributed by atoms with E-state index in [2.05, 4.69) is 5.32 Å². The second-order valence-corrected chi connectivity index (χ2v) is 5.37.